The summed E-state index contributed by atoms with van der Waals surface area (Å²) in [4.78, 5) is 28.0. The van der Waals surface area contributed by atoms with Gasteiger partial charge in [0.25, 0.3) is 5.91 Å². The van der Waals surface area contributed by atoms with Gasteiger partial charge in [0.2, 0.25) is 0 Å². The highest BCUT2D eigenvalue weighted by Crippen LogP contribution is 2.32. The van der Waals surface area contributed by atoms with Crippen molar-refractivity contribution in [3.63, 3.8) is 0 Å². The number of nitrogens with two attached hydrogens (primary N) is 1. The zero-order valence-electron chi connectivity index (χ0n) is 18.2. The highest BCUT2D eigenvalue weighted by Gasteiger charge is 2.19. The van der Waals surface area contributed by atoms with Gasteiger partial charge in [0, 0.05) is 27.7 Å². The van der Waals surface area contributed by atoms with Crippen LogP contribution in [0.5, 0.6) is 0 Å². The van der Waals surface area contributed by atoms with Crippen LogP contribution in [0.15, 0.2) is 41.1 Å². The van der Waals surface area contributed by atoms with Crippen molar-refractivity contribution < 1.29 is 4.79 Å². The Bertz CT molecular complexity index is 1050. The zero-order valence-corrected chi connectivity index (χ0v) is 19.8. The summed E-state index contributed by atoms with van der Waals surface area (Å²) in [5.41, 5.74) is 7.62. The van der Waals surface area contributed by atoms with Crippen molar-refractivity contribution in [3.8, 4) is 11.3 Å². The maximum Gasteiger partial charge on any atom is 0.269 e. The number of anilines is 1. The molecule has 1 atom stereocenters. The molecule has 0 aliphatic heterocycles. The van der Waals surface area contributed by atoms with Gasteiger partial charge in [-0.2, -0.15) is 0 Å². The van der Waals surface area contributed by atoms with E-state index in [1.54, 1.807) is 12.4 Å². The molecule has 2 aromatic heterocycles. The van der Waals surface area contributed by atoms with Crippen molar-refractivity contribution in [1.82, 2.24) is 19.9 Å². The number of nitrogens with one attached hydrogen (secondary N) is 1. The second-order valence-corrected chi connectivity index (χ2v) is 8.48. The van der Waals surface area contributed by atoms with Gasteiger partial charge in [-0.05, 0) is 57.6 Å². The van der Waals surface area contributed by atoms with Crippen LogP contribution in [0.3, 0.4) is 0 Å². The third-order valence-corrected chi connectivity index (χ3v) is 5.79. The average Bonchev–Trinajstić information content (AvgIpc) is 2.76. The van der Waals surface area contributed by atoms with E-state index in [1.807, 2.05) is 24.3 Å². The lowest BCUT2D eigenvalue weighted by atomic mass is 10.0. The Labute approximate surface area is 191 Å². The van der Waals surface area contributed by atoms with Crippen molar-refractivity contribution in [3.05, 3.63) is 46.8 Å². The minimum absolute atomic E-state index is 0.129. The van der Waals surface area contributed by atoms with Crippen molar-refractivity contribution >= 4 is 38.6 Å². The fourth-order valence-corrected chi connectivity index (χ4v) is 4.12. The summed E-state index contributed by atoms with van der Waals surface area (Å²) < 4.78 is 0.864. The van der Waals surface area contributed by atoms with E-state index in [1.165, 1.54) is 0 Å². The molecule has 0 bridgehead atoms. The van der Waals surface area contributed by atoms with Gasteiger partial charge in [0.1, 0.15) is 11.5 Å². The van der Waals surface area contributed by atoms with Crippen LogP contribution in [0, 0.1) is 0 Å². The van der Waals surface area contributed by atoms with Crippen LogP contribution in [-0.2, 0) is 0 Å². The van der Waals surface area contributed by atoms with Gasteiger partial charge in [-0.1, -0.05) is 35.8 Å². The van der Waals surface area contributed by atoms with Gasteiger partial charge in [0.05, 0.1) is 11.7 Å². The number of nitrogens with zero attached hydrogens (tertiary/aromatic N) is 4. The smallest absolute Gasteiger partial charge is 0.269 e. The van der Waals surface area contributed by atoms with Gasteiger partial charge < -0.3 is 16.0 Å². The molecule has 3 aromatic rings. The van der Waals surface area contributed by atoms with E-state index in [-0.39, 0.29) is 11.7 Å². The molecule has 164 valence electrons. The Balaban J connectivity index is 1.89. The molecule has 1 aromatic carbocycles. The van der Waals surface area contributed by atoms with Crippen LogP contribution in [0.1, 0.15) is 44.1 Å². The number of hydrogen-bond donors (Lipinski definition) is 2. The molecule has 0 aliphatic rings. The Morgan fingerprint density at radius 2 is 2.03 bits per heavy atom. The van der Waals surface area contributed by atoms with Gasteiger partial charge in [-0.3, -0.25) is 9.78 Å². The SMILES string of the molecule is CCN(CC)CCCC(C)Nc1cnc(C(N)=O)c(-c2cc(Br)cc3cccnc23)n1. The molecule has 0 saturated heterocycles. The summed E-state index contributed by atoms with van der Waals surface area (Å²) in [6, 6.07) is 7.92. The lowest BCUT2D eigenvalue weighted by Crippen LogP contribution is -2.26. The van der Waals surface area contributed by atoms with Crippen LogP contribution in [0.2, 0.25) is 0 Å². The maximum absolute atomic E-state index is 12.1. The molecule has 3 rings (SSSR count). The lowest BCUT2D eigenvalue weighted by molar-refractivity contribution is 0.0996. The first-order valence-corrected chi connectivity index (χ1v) is 11.4. The van der Waals surface area contributed by atoms with E-state index >= 15 is 0 Å². The molecule has 2 heterocycles. The number of pyridine rings is 1. The molecule has 8 heteroatoms. The Hall–Kier alpha value is -2.58. The van der Waals surface area contributed by atoms with Gasteiger partial charge >= 0.3 is 0 Å². The highest BCUT2D eigenvalue weighted by atomic mass is 79.9. The minimum atomic E-state index is -0.620. The standard InChI is InChI=1S/C23H29BrN6O/c1-4-30(5-2)11-7-8-15(3)28-19-14-27-22(23(25)31)21(29-19)18-13-17(24)12-16-9-6-10-26-20(16)18/h6,9-10,12-15H,4-5,7-8,11H2,1-3H3,(H2,25,31)(H,28,29). The molecule has 0 fully saturated rings. The first-order valence-electron chi connectivity index (χ1n) is 10.6. The Morgan fingerprint density at radius 1 is 1.26 bits per heavy atom. The van der Waals surface area contributed by atoms with Crippen molar-refractivity contribution in [1.29, 1.82) is 0 Å². The molecule has 3 N–H and O–H groups in total. The molecule has 0 saturated carbocycles. The van der Waals surface area contributed by atoms with E-state index in [4.69, 9.17) is 10.7 Å². The normalized spacial score (nSPS) is 12.3. The van der Waals surface area contributed by atoms with Crippen LogP contribution in [0.25, 0.3) is 22.2 Å². The summed E-state index contributed by atoms with van der Waals surface area (Å²) in [6.07, 6.45) is 5.39. The number of aromatic nitrogens is 3. The van der Waals surface area contributed by atoms with Gasteiger partial charge in [-0.25, -0.2) is 9.97 Å². The molecular weight excluding hydrogens is 456 g/mol. The minimum Gasteiger partial charge on any atom is -0.366 e. The topological polar surface area (TPSA) is 97.0 Å². The van der Waals surface area contributed by atoms with Crippen LogP contribution >= 0.6 is 15.9 Å². The van der Waals surface area contributed by atoms with Gasteiger partial charge in [0.15, 0.2) is 5.69 Å². The summed E-state index contributed by atoms with van der Waals surface area (Å²) in [7, 11) is 0. The third-order valence-electron chi connectivity index (χ3n) is 5.33. The Kier molecular flexibility index (Phi) is 7.92. The van der Waals surface area contributed by atoms with Crippen molar-refractivity contribution in [2.75, 3.05) is 25.0 Å². The summed E-state index contributed by atoms with van der Waals surface area (Å²) in [5, 5.41) is 4.35. The quantitative estimate of drug-likeness (QED) is 0.440. The molecular formula is C23H29BrN6O. The molecule has 1 amide bonds. The van der Waals surface area contributed by atoms with Crippen LogP contribution < -0.4 is 11.1 Å². The molecule has 7 nitrogen and oxygen atoms in total. The monoisotopic (exact) mass is 484 g/mol. The Morgan fingerprint density at radius 3 is 2.74 bits per heavy atom. The summed E-state index contributed by atoms with van der Waals surface area (Å²) in [6.45, 7) is 9.70. The first kappa shape index (κ1) is 23.1. The van der Waals surface area contributed by atoms with E-state index in [2.05, 4.69) is 56.9 Å². The largest absolute Gasteiger partial charge is 0.366 e. The molecule has 31 heavy (non-hydrogen) atoms. The third kappa shape index (κ3) is 5.77. The zero-order chi connectivity index (χ0) is 22.4. The number of primary amides is 1. The predicted octanol–water partition coefficient (Wildman–Crippen LogP) is 4.48. The molecule has 0 aliphatic carbocycles. The number of hydrogen-bond acceptors (Lipinski definition) is 6. The molecule has 0 radical (unpaired) electrons. The predicted molar refractivity (Wildman–Crippen MR) is 129 cm³/mol. The summed E-state index contributed by atoms with van der Waals surface area (Å²) in [5.74, 6) is -0.00947. The second kappa shape index (κ2) is 10.6. The lowest BCUT2D eigenvalue weighted by Gasteiger charge is -2.20. The highest BCUT2D eigenvalue weighted by molar-refractivity contribution is 9.10. The number of fused-ring (bicyclic) bond motifs is 1. The van der Waals surface area contributed by atoms with Crippen LogP contribution in [0.4, 0.5) is 5.82 Å². The van der Waals surface area contributed by atoms with E-state index in [0.29, 0.717) is 17.1 Å². The van der Waals surface area contributed by atoms with E-state index in [0.717, 1.165) is 47.9 Å². The second-order valence-electron chi connectivity index (χ2n) is 7.56. The fraction of sp³-hybridized carbons (Fsp3) is 0.391. The van der Waals surface area contributed by atoms with Crippen molar-refractivity contribution in [2.24, 2.45) is 5.73 Å². The maximum atomic E-state index is 12.1. The van der Waals surface area contributed by atoms with Crippen molar-refractivity contribution in [2.45, 2.75) is 39.7 Å². The fourth-order valence-electron chi connectivity index (χ4n) is 3.65. The van der Waals surface area contributed by atoms with Gasteiger partial charge in [-0.15, -0.1) is 0 Å². The number of amides is 1. The number of halogens is 1. The average molecular weight is 485 g/mol. The first-order chi connectivity index (χ1) is 14.9. The molecule has 0 spiro atoms. The number of carbonyl (C=O) groups is 1. The van der Waals surface area contributed by atoms with E-state index in [9.17, 15) is 4.79 Å². The number of rotatable bonds is 10. The van der Waals surface area contributed by atoms with E-state index < -0.39 is 5.91 Å². The number of benzene rings is 1. The molecule has 1 unspecified atom stereocenters. The van der Waals surface area contributed by atoms with Crippen LogP contribution in [-0.4, -0.2) is 51.4 Å². The number of carbonyl (C=O) groups excluding carboxylic acids is 1. The summed E-state index contributed by atoms with van der Waals surface area (Å²) >= 11 is 3.54.